The van der Waals surface area contributed by atoms with Gasteiger partial charge in [-0.1, -0.05) is 12.1 Å². The third-order valence-corrected chi connectivity index (χ3v) is 3.94. The minimum absolute atomic E-state index is 0.0405. The molecular weight excluding hydrogens is 226 g/mol. The van der Waals surface area contributed by atoms with Gasteiger partial charge in [-0.15, -0.1) is 0 Å². The van der Waals surface area contributed by atoms with Crippen LogP contribution in [0.1, 0.15) is 32.6 Å². The molecule has 17 heavy (non-hydrogen) atoms. The highest BCUT2D eigenvalue weighted by molar-refractivity contribution is 5.86. The first-order valence-electron chi connectivity index (χ1n) is 6.31. The van der Waals surface area contributed by atoms with Crippen LogP contribution in [0.4, 0.5) is 8.78 Å². The standard InChI is InChI=1S/C12H20F2N2O/c1-9-7-16(5-3-11(9)15-17)8-10-2-4-12(13,14)6-10/h9-10,17H,2-8H2,1H3. The predicted molar refractivity (Wildman–Crippen MR) is 61.7 cm³/mol. The Morgan fingerprint density at radius 1 is 1.53 bits per heavy atom. The lowest BCUT2D eigenvalue weighted by molar-refractivity contribution is 0.00326. The van der Waals surface area contributed by atoms with E-state index in [1.54, 1.807) is 0 Å². The van der Waals surface area contributed by atoms with Gasteiger partial charge in [-0.25, -0.2) is 8.78 Å². The average molecular weight is 246 g/mol. The summed E-state index contributed by atoms with van der Waals surface area (Å²) in [6, 6.07) is 0. The van der Waals surface area contributed by atoms with E-state index in [0.29, 0.717) is 6.42 Å². The van der Waals surface area contributed by atoms with Crippen LogP contribution in [-0.2, 0) is 0 Å². The van der Waals surface area contributed by atoms with Crippen LogP contribution < -0.4 is 0 Å². The quantitative estimate of drug-likeness (QED) is 0.600. The van der Waals surface area contributed by atoms with Crippen LogP contribution >= 0.6 is 0 Å². The molecule has 0 spiro atoms. The van der Waals surface area contributed by atoms with Gasteiger partial charge in [0.1, 0.15) is 0 Å². The molecule has 1 saturated carbocycles. The zero-order valence-electron chi connectivity index (χ0n) is 10.2. The van der Waals surface area contributed by atoms with Crippen molar-refractivity contribution in [3.63, 3.8) is 0 Å². The summed E-state index contributed by atoms with van der Waals surface area (Å²) in [7, 11) is 0. The second-order valence-corrected chi connectivity index (χ2v) is 5.47. The summed E-state index contributed by atoms with van der Waals surface area (Å²) >= 11 is 0. The lowest BCUT2D eigenvalue weighted by Crippen LogP contribution is -2.41. The molecule has 1 aliphatic heterocycles. The summed E-state index contributed by atoms with van der Waals surface area (Å²) in [5.41, 5.74) is 0.831. The van der Waals surface area contributed by atoms with Crippen LogP contribution in [0.5, 0.6) is 0 Å². The van der Waals surface area contributed by atoms with Crippen molar-refractivity contribution in [2.24, 2.45) is 17.0 Å². The number of oxime groups is 1. The monoisotopic (exact) mass is 246 g/mol. The van der Waals surface area contributed by atoms with Gasteiger partial charge < -0.3 is 10.1 Å². The maximum atomic E-state index is 13.1. The molecule has 2 unspecified atom stereocenters. The van der Waals surface area contributed by atoms with Crippen LogP contribution in [-0.4, -0.2) is 41.4 Å². The average Bonchev–Trinajstić information content (AvgIpc) is 2.58. The Balaban J connectivity index is 1.82. The largest absolute Gasteiger partial charge is 0.411 e. The van der Waals surface area contributed by atoms with Crippen LogP contribution in [0.2, 0.25) is 0 Å². The number of piperidine rings is 1. The van der Waals surface area contributed by atoms with E-state index >= 15 is 0 Å². The number of halogens is 2. The summed E-state index contributed by atoms with van der Waals surface area (Å²) in [5.74, 6) is -2.08. The predicted octanol–water partition coefficient (Wildman–Crippen LogP) is 2.59. The molecule has 0 bridgehead atoms. The molecule has 98 valence electrons. The minimum Gasteiger partial charge on any atom is -0.411 e. The highest BCUT2D eigenvalue weighted by Gasteiger charge is 2.40. The molecule has 2 rings (SSSR count). The Hall–Kier alpha value is -0.710. The number of hydrogen-bond acceptors (Lipinski definition) is 3. The fraction of sp³-hybridized carbons (Fsp3) is 0.917. The van der Waals surface area contributed by atoms with Gasteiger partial charge in [0.15, 0.2) is 0 Å². The van der Waals surface area contributed by atoms with E-state index in [1.807, 2.05) is 6.92 Å². The Labute approximate surface area is 100 Å². The number of alkyl halides is 2. The Morgan fingerprint density at radius 2 is 2.29 bits per heavy atom. The van der Waals surface area contributed by atoms with Gasteiger partial charge in [-0.05, 0) is 12.3 Å². The number of likely N-dealkylation sites (tertiary alicyclic amines) is 1. The molecule has 0 radical (unpaired) electrons. The fourth-order valence-corrected chi connectivity index (χ4v) is 2.98. The molecule has 1 saturated heterocycles. The molecule has 0 amide bonds. The highest BCUT2D eigenvalue weighted by atomic mass is 19.3. The molecular formula is C12H20F2N2O. The summed E-state index contributed by atoms with van der Waals surface area (Å²) in [5, 5.41) is 12.1. The highest BCUT2D eigenvalue weighted by Crippen LogP contribution is 2.39. The fourth-order valence-electron chi connectivity index (χ4n) is 2.98. The molecule has 0 aromatic rings. The molecule has 1 N–H and O–H groups in total. The first-order valence-corrected chi connectivity index (χ1v) is 6.31. The maximum Gasteiger partial charge on any atom is 0.248 e. The lowest BCUT2D eigenvalue weighted by atomic mass is 9.96. The maximum absolute atomic E-state index is 13.1. The number of hydrogen-bond donors (Lipinski definition) is 1. The van der Waals surface area contributed by atoms with Crippen molar-refractivity contribution < 1.29 is 14.0 Å². The number of nitrogens with zero attached hydrogens (tertiary/aromatic N) is 2. The lowest BCUT2D eigenvalue weighted by Gasteiger charge is -2.33. The van der Waals surface area contributed by atoms with Crippen molar-refractivity contribution in [3.05, 3.63) is 0 Å². The first kappa shape index (κ1) is 12.7. The van der Waals surface area contributed by atoms with Crippen LogP contribution in [0.25, 0.3) is 0 Å². The zero-order chi connectivity index (χ0) is 12.5. The van der Waals surface area contributed by atoms with E-state index in [4.69, 9.17) is 5.21 Å². The van der Waals surface area contributed by atoms with E-state index in [-0.39, 0.29) is 24.7 Å². The Morgan fingerprint density at radius 3 is 2.82 bits per heavy atom. The summed E-state index contributed by atoms with van der Waals surface area (Å²) < 4.78 is 26.1. The molecule has 1 heterocycles. The summed E-state index contributed by atoms with van der Waals surface area (Å²) in [6.45, 7) is 4.43. The van der Waals surface area contributed by atoms with E-state index in [0.717, 1.165) is 31.8 Å². The Kier molecular flexibility index (Phi) is 3.66. The van der Waals surface area contributed by atoms with Crippen molar-refractivity contribution >= 4 is 5.71 Å². The van der Waals surface area contributed by atoms with Gasteiger partial charge in [0.2, 0.25) is 5.92 Å². The van der Waals surface area contributed by atoms with Crippen molar-refractivity contribution in [1.29, 1.82) is 0 Å². The van der Waals surface area contributed by atoms with Gasteiger partial charge in [0, 0.05) is 44.8 Å². The molecule has 1 aliphatic carbocycles. The third-order valence-electron chi connectivity index (χ3n) is 3.94. The molecule has 3 nitrogen and oxygen atoms in total. The topological polar surface area (TPSA) is 35.8 Å². The summed E-state index contributed by atoms with van der Waals surface area (Å²) in [4.78, 5) is 2.23. The van der Waals surface area contributed by atoms with Gasteiger partial charge >= 0.3 is 0 Å². The molecule has 2 atom stereocenters. The van der Waals surface area contributed by atoms with Crippen molar-refractivity contribution in [2.45, 2.75) is 38.5 Å². The smallest absolute Gasteiger partial charge is 0.248 e. The molecule has 5 heteroatoms. The molecule has 2 aliphatic rings. The molecule has 0 aromatic carbocycles. The van der Waals surface area contributed by atoms with Crippen LogP contribution in [0.3, 0.4) is 0 Å². The zero-order valence-corrected chi connectivity index (χ0v) is 10.2. The van der Waals surface area contributed by atoms with Gasteiger partial charge in [0.05, 0.1) is 5.71 Å². The van der Waals surface area contributed by atoms with Gasteiger partial charge in [0.25, 0.3) is 0 Å². The van der Waals surface area contributed by atoms with E-state index < -0.39 is 5.92 Å². The van der Waals surface area contributed by atoms with Crippen LogP contribution in [0, 0.1) is 11.8 Å². The third kappa shape index (κ3) is 3.15. The van der Waals surface area contributed by atoms with Crippen molar-refractivity contribution in [1.82, 2.24) is 4.90 Å². The Bertz CT molecular complexity index is 307. The minimum atomic E-state index is -2.44. The second-order valence-electron chi connectivity index (χ2n) is 5.47. The summed E-state index contributed by atoms with van der Waals surface area (Å²) in [6.07, 6.45) is 1.48. The van der Waals surface area contributed by atoms with Crippen molar-refractivity contribution in [3.8, 4) is 0 Å². The van der Waals surface area contributed by atoms with Crippen LogP contribution in [0.15, 0.2) is 5.16 Å². The molecule has 2 fully saturated rings. The van der Waals surface area contributed by atoms with Gasteiger partial charge in [-0.3, -0.25) is 0 Å². The van der Waals surface area contributed by atoms with Gasteiger partial charge in [-0.2, -0.15) is 0 Å². The SMILES string of the molecule is CC1CN(CC2CCC(F)(F)C2)CCC1=NO. The molecule has 0 aromatic heterocycles. The van der Waals surface area contributed by atoms with Crippen molar-refractivity contribution in [2.75, 3.05) is 19.6 Å². The second kappa shape index (κ2) is 4.88. The normalized spacial score (nSPS) is 36.5. The van der Waals surface area contributed by atoms with E-state index in [1.165, 1.54) is 0 Å². The first-order chi connectivity index (χ1) is 8.00. The van der Waals surface area contributed by atoms with E-state index in [2.05, 4.69) is 10.1 Å². The van der Waals surface area contributed by atoms with E-state index in [9.17, 15) is 8.78 Å². The number of rotatable bonds is 2.